The molecule has 0 saturated carbocycles. The molecule has 3 aromatic rings. The van der Waals surface area contributed by atoms with Gasteiger partial charge in [0.2, 0.25) is 5.91 Å². The van der Waals surface area contributed by atoms with Crippen molar-refractivity contribution in [3.63, 3.8) is 0 Å². The van der Waals surface area contributed by atoms with Crippen LogP contribution in [0.4, 0.5) is 5.69 Å². The summed E-state index contributed by atoms with van der Waals surface area (Å²) in [5.41, 5.74) is 5.83. The Labute approximate surface area is 159 Å². The average molecular weight is 380 g/mol. The molecule has 27 heavy (non-hydrogen) atoms. The van der Waals surface area contributed by atoms with Crippen LogP contribution in [0.15, 0.2) is 53.6 Å². The Kier molecular flexibility index (Phi) is 4.59. The number of nitrogens with zero attached hydrogens (tertiary/aromatic N) is 5. The number of fused-ring (bicyclic) bond motifs is 1. The van der Waals surface area contributed by atoms with E-state index in [4.69, 9.17) is 0 Å². The second kappa shape index (κ2) is 7.20. The number of para-hydroxylation sites is 1. The van der Waals surface area contributed by atoms with Gasteiger partial charge in [0.25, 0.3) is 5.91 Å². The van der Waals surface area contributed by atoms with Crippen LogP contribution in [-0.4, -0.2) is 37.7 Å². The molecule has 0 unspecified atom stereocenters. The minimum absolute atomic E-state index is 0.0135. The lowest BCUT2D eigenvalue weighted by molar-refractivity contribution is -0.121. The predicted molar refractivity (Wildman–Crippen MR) is 104 cm³/mol. The summed E-state index contributed by atoms with van der Waals surface area (Å²) in [6.07, 6.45) is 0. The van der Waals surface area contributed by atoms with Crippen molar-refractivity contribution < 1.29 is 9.59 Å². The number of aromatic nitrogens is 3. The molecule has 2 aromatic carbocycles. The maximum absolute atomic E-state index is 12.3. The van der Waals surface area contributed by atoms with Crippen molar-refractivity contribution in [2.75, 3.05) is 10.7 Å². The number of rotatable bonds is 4. The van der Waals surface area contributed by atoms with Crippen molar-refractivity contribution in [3.05, 3.63) is 54.1 Å². The van der Waals surface area contributed by atoms with Gasteiger partial charge in [0.1, 0.15) is 12.1 Å². The van der Waals surface area contributed by atoms with Gasteiger partial charge in [0.15, 0.2) is 5.17 Å². The summed E-state index contributed by atoms with van der Waals surface area (Å²) in [6, 6.07) is 15.0. The minimum atomic E-state index is -0.345. The van der Waals surface area contributed by atoms with Gasteiger partial charge in [0, 0.05) is 0 Å². The zero-order valence-electron chi connectivity index (χ0n) is 14.5. The van der Waals surface area contributed by atoms with E-state index in [1.54, 1.807) is 0 Å². The first kappa shape index (κ1) is 17.2. The molecule has 2 heterocycles. The summed E-state index contributed by atoms with van der Waals surface area (Å²) in [7, 11) is 0. The molecule has 136 valence electrons. The van der Waals surface area contributed by atoms with E-state index in [9.17, 15) is 9.59 Å². The van der Waals surface area contributed by atoms with E-state index in [-0.39, 0.29) is 24.1 Å². The first-order chi connectivity index (χ1) is 13.1. The van der Waals surface area contributed by atoms with Crippen LogP contribution in [-0.2, 0) is 16.1 Å². The van der Waals surface area contributed by atoms with Gasteiger partial charge in [-0.05, 0) is 31.2 Å². The number of benzene rings is 2. The normalized spacial score (nSPS) is 15.7. The van der Waals surface area contributed by atoms with Gasteiger partial charge in [0.05, 0.1) is 17.0 Å². The van der Waals surface area contributed by atoms with E-state index < -0.39 is 0 Å². The Morgan fingerprint density at radius 1 is 1.22 bits per heavy atom. The van der Waals surface area contributed by atoms with Crippen molar-refractivity contribution >= 4 is 45.5 Å². The molecule has 1 aromatic heterocycles. The van der Waals surface area contributed by atoms with Gasteiger partial charge in [-0.15, -0.1) is 10.2 Å². The lowest BCUT2D eigenvalue weighted by Crippen LogP contribution is -2.32. The number of nitrogens with one attached hydrogen (secondary N) is 1. The van der Waals surface area contributed by atoms with Gasteiger partial charge in [-0.25, -0.2) is 10.1 Å². The van der Waals surface area contributed by atoms with Gasteiger partial charge in [-0.3, -0.25) is 14.5 Å². The van der Waals surface area contributed by atoms with E-state index in [0.717, 1.165) is 22.3 Å². The summed E-state index contributed by atoms with van der Waals surface area (Å²) < 4.78 is 1.51. The Morgan fingerprint density at radius 3 is 2.81 bits per heavy atom. The number of carbonyl (C=O) groups is 2. The van der Waals surface area contributed by atoms with E-state index in [1.165, 1.54) is 21.3 Å². The number of amides is 2. The lowest BCUT2D eigenvalue weighted by atomic mass is 10.2. The number of amidine groups is 1. The Balaban J connectivity index is 1.48. The maximum atomic E-state index is 12.3. The molecule has 1 aliphatic heterocycles. The molecule has 0 aliphatic carbocycles. The van der Waals surface area contributed by atoms with Crippen LogP contribution in [0.2, 0.25) is 0 Å². The van der Waals surface area contributed by atoms with Crippen LogP contribution >= 0.6 is 11.8 Å². The highest BCUT2D eigenvalue weighted by molar-refractivity contribution is 8.15. The molecular weight excluding hydrogens is 364 g/mol. The zero-order valence-corrected chi connectivity index (χ0v) is 15.3. The molecule has 0 bridgehead atoms. The van der Waals surface area contributed by atoms with Crippen LogP contribution in [0.3, 0.4) is 0 Å². The van der Waals surface area contributed by atoms with E-state index in [1.807, 2.05) is 55.5 Å². The quantitative estimate of drug-likeness (QED) is 0.698. The summed E-state index contributed by atoms with van der Waals surface area (Å²) in [6.45, 7) is 1.97. The fourth-order valence-electron chi connectivity index (χ4n) is 2.71. The predicted octanol–water partition coefficient (Wildman–Crippen LogP) is 1.91. The molecule has 1 saturated heterocycles. The van der Waals surface area contributed by atoms with Crippen molar-refractivity contribution in [1.29, 1.82) is 0 Å². The molecule has 0 spiro atoms. The molecule has 2 amide bonds. The first-order valence-corrected chi connectivity index (χ1v) is 9.27. The van der Waals surface area contributed by atoms with Crippen LogP contribution < -0.4 is 10.3 Å². The Hall–Kier alpha value is -3.20. The van der Waals surface area contributed by atoms with Gasteiger partial charge in [-0.1, -0.05) is 46.8 Å². The summed E-state index contributed by atoms with van der Waals surface area (Å²) >= 11 is 1.29. The third kappa shape index (κ3) is 3.54. The smallest absolute Gasteiger partial charge is 0.261 e. The highest BCUT2D eigenvalue weighted by Gasteiger charge is 2.30. The van der Waals surface area contributed by atoms with Crippen LogP contribution in [0.1, 0.15) is 5.56 Å². The molecular formula is C18H16N6O2S. The fraction of sp³-hybridized carbons (Fsp3) is 0.167. The third-order valence-electron chi connectivity index (χ3n) is 4.05. The second-order valence-electron chi connectivity index (χ2n) is 6.02. The van der Waals surface area contributed by atoms with E-state index in [0.29, 0.717) is 5.17 Å². The van der Waals surface area contributed by atoms with Crippen LogP contribution in [0, 0.1) is 6.92 Å². The molecule has 4 rings (SSSR count). The Morgan fingerprint density at radius 2 is 2.00 bits per heavy atom. The number of aryl methyl sites for hydroxylation is 1. The molecule has 1 N–H and O–H groups in total. The fourth-order valence-corrected chi connectivity index (χ4v) is 3.54. The molecule has 1 aliphatic rings. The number of hydrogen-bond acceptors (Lipinski definition) is 6. The number of carbonyl (C=O) groups excluding carboxylic acids is 2. The van der Waals surface area contributed by atoms with Crippen LogP contribution in [0.5, 0.6) is 0 Å². The molecule has 0 radical (unpaired) electrons. The highest BCUT2D eigenvalue weighted by atomic mass is 32.2. The Bertz CT molecular complexity index is 1040. The number of anilines is 1. The standard InChI is InChI=1S/C18H16N6O2S/c1-12-6-8-13(9-7-12)24-17(26)11-27-18(24)21-20-16(25)10-23-15-5-3-2-4-14(15)19-22-23/h2-9H,10-11H2,1H3,(H,20,25)/b21-18-. The average Bonchev–Trinajstić information content (AvgIpc) is 3.25. The van der Waals surface area contributed by atoms with Crippen molar-refractivity contribution in [1.82, 2.24) is 20.4 Å². The zero-order chi connectivity index (χ0) is 18.8. The van der Waals surface area contributed by atoms with Gasteiger partial charge in [-0.2, -0.15) is 0 Å². The van der Waals surface area contributed by atoms with Gasteiger partial charge >= 0.3 is 0 Å². The second-order valence-corrected chi connectivity index (χ2v) is 6.96. The third-order valence-corrected chi connectivity index (χ3v) is 4.97. The molecule has 1 fully saturated rings. The van der Waals surface area contributed by atoms with Crippen molar-refractivity contribution in [2.45, 2.75) is 13.5 Å². The topological polar surface area (TPSA) is 92.5 Å². The highest BCUT2D eigenvalue weighted by Crippen LogP contribution is 2.26. The minimum Gasteiger partial charge on any atom is -0.273 e. The summed E-state index contributed by atoms with van der Waals surface area (Å²) in [4.78, 5) is 26.0. The summed E-state index contributed by atoms with van der Waals surface area (Å²) in [5.74, 6) is -0.128. The van der Waals surface area contributed by atoms with Crippen molar-refractivity contribution in [3.8, 4) is 0 Å². The molecule has 9 heteroatoms. The number of thioether (sulfide) groups is 1. The van der Waals surface area contributed by atoms with Gasteiger partial charge < -0.3 is 0 Å². The summed E-state index contributed by atoms with van der Waals surface area (Å²) in [5, 5.41) is 12.6. The molecule has 8 nitrogen and oxygen atoms in total. The lowest BCUT2D eigenvalue weighted by Gasteiger charge is -2.16. The number of hydrazone groups is 1. The number of hydrogen-bond donors (Lipinski definition) is 1. The monoisotopic (exact) mass is 380 g/mol. The van der Waals surface area contributed by atoms with E-state index >= 15 is 0 Å². The van der Waals surface area contributed by atoms with Crippen molar-refractivity contribution in [2.24, 2.45) is 5.10 Å². The van der Waals surface area contributed by atoms with Crippen LogP contribution in [0.25, 0.3) is 11.0 Å². The largest absolute Gasteiger partial charge is 0.273 e. The SMILES string of the molecule is Cc1ccc(N2C(=O)CS/C2=N\NC(=O)Cn2nnc3ccccc32)cc1. The maximum Gasteiger partial charge on any atom is 0.261 e. The van der Waals surface area contributed by atoms with E-state index in [2.05, 4.69) is 20.8 Å². The molecule has 0 atom stereocenters. The first-order valence-electron chi connectivity index (χ1n) is 8.29.